The van der Waals surface area contributed by atoms with E-state index in [0.29, 0.717) is 39.1 Å². The minimum Gasteiger partial charge on any atom is -0.443 e. The van der Waals surface area contributed by atoms with Gasteiger partial charge in [-0.05, 0) is 48.0 Å². The molecule has 5 aromatic rings. The van der Waals surface area contributed by atoms with E-state index in [2.05, 4.69) is 10.1 Å². The maximum Gasteiger partial charge on any atom is 0.304 e. The molecule has 0 aliphatic rings. The van der Waals surface area contributed by atoms with Crippen LogP contribution in [0.2, 0.25) is 0 Å². The van der Waals surface area contributed by atoms with Gasteiger partial charge in [0, 0.05) is 48.2 Å². The van der Waals surface area contributed by atoms with Crippen molar-refractivity contribution < 1.29 is 31.1 Å². The summed E-state index contributed by atoms with van der Waals surface area (Å²) in [6, 6.07) is 6.30. The van der Waals surface area contributed by atoms with E-state index in [1.807, 2.05) is 6.92 Å². The molecule has 0 spiro atoms. The van der Waals surface area contributed by atoms with Gasteiger partial charge in [0.05, 0.1) is 5.69 Å². The Morgan fingerprint density at radius 1 is 1.05 bits per heavy atom. The number of fused-ring (bicyclic) bond motifs is 6. The number of ether oxygens (including phenoxy) is 1. The number of hydrogen-bond donors (Lipinski definition) is 0. The molecule has 190 valence electrons. The second kappa shape index (κ2) is 9.04. The van der Waals surface area contributed by atoms with E-state index in [-0.39, 0.29) is 10.9 Å². The van der Waals surface area contributed by atoms with Crippen LogP contribution in [0.1, 0.15) is 13.8 Å². The Kier molecular flexibility index (Phi) is 5.98. The molecule has 0 aliphatic carbocycles. The summed E-state index contributed by atoms with van der Waals surface area (Å²) in [5.41, 5.74) is -0.260. The van der Waals surface area contributed by atoms with Gasteiger partial charge in [-0.1, -0.05) is 6.07 Å². The number of hydrogen-bond acceptors (Lipinski definition) is 6. The third-order valence-electron chi connectivity index (χ3n) is 5.96. The molecule has 12 heteroatoms. The number of nitrogens with zero attached hydrogens (tertiary/aromatic N) is 4. The number of rotatable bonds is 6. The molecule has 0 unspecified atom stereocenters. The fourth-order valence-corrected chi connectivity index (χ4v) is 5.64. The molecule has 0 aliphatic heterocycles. The first-order valence-corrected chi connectivity index (χ1v) is 12.5. The SMILES string of the molecule is CCn1cc2c3ccncc3c3ccc(N(COC(C)=O)S(=O)(=O)c4cc(F)ccc4F)c(F)c3c2n1. The second-order valence-corrected chi connectivity index (χ2v) is 10.0. The number of esters is 1. The zero-order valence-electron chi connectivity index (χ0n) is 19.6. The van der Waals surface area contributed by atoms with Crippen molar-refractivity contribution in [1.82, 2.24) is 14.8 Å². The lowest BCUT2D eigenvalue weighted by Crippen LogP contribution is -2.35. The molecule has 0 saturated carbocycles. The first-order valence-electron chi connectivity index (χ1n) is 11.1. The lowest BCUT2D eigenvalue weighted by Gasteiger charge is -2.25. The first-order chi connectivity index (χ1) is 17.6. The average Bonchev–Trinajstić information content (AvgIpc) is 3.31. The smallest absolute Gasteiger partial charge is 0.304 e. The molecule has 0 radical (unpaired) electrons. The Morgan fingerprint density at radius 2 is 1.84 bits per heavy atom. The first kappa shape index (κ1) is 24.5. The van der Waals surface area contributed by atoms with E-state index >= 15 is 4.39 Å². The second-order valence-electron chi connectivity index (χ2n) is 8.18. The van der Waals surface area contributed by atoms with Gasteiger partial charge in [-0.25, -0.2) is 25.9 Å². The van der Waals surface area contributed by atoms with E-state index in [9.17, 15) is 22.0 Å². The van der Waals surface area contributed by atoms with E-state index in [1.165, 1.54) is 12.1 Å². The van der Waals surface area contributed by atoms with Gasteiger partial charge in [-0.15, -0.1) is 0 Å². The van der Waals surface area contributed by atoms with Crippen molar-refractivity contribution in [3.8, 4) is 0 Å². The van der Waals surface area contributed by atoms with Gasteiger partial charge < -0.3 is 4.74 Å². The number of sulfonamides is 1. The fraction of sp³-hybridized carbons (Fsp3) is 0.160. The Labute approximate surface area is 208 Å². The number of pyridine rings is 1. The summed E-state index contributed by atoms with van der Waals surface area (Å²) in [5.74, 6) is -4.13. The summed E-state index contributed by atoms with van der Waals surface area (Å²) in [6.45, 7) is 2.42. The van der Waals surface area contributed by atoms with Crippen molar-refractivity contribution in [3.05, 3.63) is 72.4 Å². The third kappa shape index (κ3) is 4.02. The van der Waals surface area contributed by atoms with Crippen LogP contribution in [0.4, 0.5) is 18.9 Å². The van der Waals surface area contributed by atoms with E-state index < -0.39 is 50.8 Å². The van der Waals surface area contributed by atoms with Crippen LogP contribution in [0.15, 0.2) is 59.9 Å². The molecule has 0 amide bonds. The molecular formula is C25H19F3N4O4S. The van der Waals surface area contributed by atoms with E-state index in [1.54, 1.807) is 29.3 Å². The monoisotopic (exact) mass is 528 g/mol. The van der Waals surface area contributed by atoms with Gasteiger partial charge in [0.25, 0.3) is 10.0 Å². The number of benzene rings is 3. The van der Waals surface area contributed by atoms with Crippen LogP contribution < -0.4 is 4.31 Å². The normalized spacial score (nSPS) is 11.9. The molecule has 0 atom stereocenters. The molecule has 8 nitrogen and oxygen atoms in total. The largest absolute Gasteiger partial charge is 0.443 e. The molecule has 37 heavy (non-hydrogen) atoms. The van der Waals surface area contributed by atoms with Gasteiger partial charge in [-0.2, -0.15) is 5.10 Å². The van der Waals surface area contributed by atoms with Crippen molar-refractivity contribution in [2.75, 3.05) is 11.0 Å². The summed E-state index contributed by atoms with van der Waals surface area (Å²) in [5, 5.41) is 6.90. The number of aromatic nitrogens is 3. The molecule has 0 saturated heterocycles. The zero-order valence-corrected chi connectivity index (χ0v) is 20.4. The molecule has 2 heterocycles. The fourth-order valence-electron chi connectivity index (χ4n) is 4.23. The maximum atomic E-state index is 16.4. The van der Waals surface area contributed by atoms with Crippen LogP contribution in [-0.2, 0) is 26.1 Å². The molecule has 3 aromatic carbocycles. The van der Waals surface area contributed by atoms with Gasteiger partial charge in [0.1, 0.15) is 22.0 Å². The number of halogens is 3. The zero-order chi connectivity index (χ0) is 26.5. The lowest BCUT2D eigenvalue weighted by molar-refractivity contribution is -0.140. The van der Waals surface area contributed by atoms with Crippen molar-refractivity contribution in [2.45, 2.75) is 25.3 Å². The Morgan fingerprint density at radius 3 is 2.57 bits per heavy atom. The highest BCUT2D eigenvalue weighted by Crippen LogP contribution is 2.39. The van der Waals surface area contributed by atoms with Crippen molar-refractivity contribution in [1.29, 1.82) is 0 Å². The predicted octanol–water partition coefficient (Wildman–Crippen LogP) is 4.89. The number of carbonyl (C=O) groups is 1. The molecule has 5 rings (SSSR count). The molecule has 0 N–H and O–H groups in total. The maximum absolute atomic E-state index is 16.4. The highest BCUT2D eigenvalue weighted by Gasteiger charge is 2.32. The standard InChI is InChI=1S/C25H19F3N4O4S/c1-3-31-12-19-16-8-9-29-11-18(16)17-5-7-21(24(28)23(17)25(19)30-31)32(13-36-14(2)33)37(34,35)22-10-15(26)4-6-20(22)27/h4-12H,3,13H2,1-2H3. The van der Waals surface area contributed by atoms with E-state index in [0.717, 1.165) is 18.4 Å². The lowest BCUT2D eigenvalue weighted by atomic mass is 9.99. The van der Waals surface area contributed by atoms with Crippen molar-refractivity contribution in [3.63, 3.8) is 0 Å². The Hall–Kier alpha value is -4.19. The van der Waals surface area contributed by atoms with Crippen LogP contribution in [0.25, 0.3) is 32.4 Å². The van der Waals surface area contributed by atoms with Gasteiger partial charge >= 0.3 is 5.97 Å². The summed E-state index contributed by atoms with van der Waals surface area (Å²) in [7, 11) is -4.93. The minimum atomic E-state index is -4.93. The topological polar surface area (TPSA) is 94.4 Å². The molecular weight excluding hydrogens is 509 g/mol. The number of carbonyl (C=O) groups excluding carboxylic acids is 1. The summed E-state index contributed by atoms with van der Waals surface area (Å²) in [4.78, 5) is 14.6. The van der Waals surface area contributed by atoms with Crippen LogP contribution >= 0.6 is 0 Å². The summed E-state index contributed by atoms with van der Waals surface area (Å²) >= 11 is 0. The van der Waals surface area contributed by atoms with Gasteiger partial charge in [0.15, 0.2) is 12.5 Å². The molecule has 2 aromatic heterocycles. The van der Waals surface area contributed by atoms with Crippen LogP contribution in [0, 0.1) is 17.5 Å². The quantitative estimate of drug-likeness (QED) is 0.177. The minimum absolute atomic E-state index is 0.00272. The predicted molar refractivity (Wildman–Crippen MR) is 131 cm³/mol. The van der Waals surface area contributed by atoms with E-state index in [4.69, 9.17) is 4.74 Å². The van der Waals surface area contributed by atoms with Crippen molar-refractivity contribution in [2.24, 2.45) is 0 Å². The highest BCUT2D eigenvalue weighted by molar-refractivity contribution is 7.92. The highest BCUT2D eigenvalue weighted by atomic mass is 32.2. The van der Waals surface area contributed by atoms with Crippen LogP contribution in [-0.4, -0.2) is 35.9 Å². The van der Waals surface area contributed by atoms with Gasteiger partial charge in [-0.3, -0.25) is 14.5 Å². The van der Waals surface area contributed by atoms with Crippen LogP contribution in [0.5, 0.6) is 0 Å². The molecule has 0 bridgehead atoms. The van der Waals surface area contributed by atoms with Gasteiger partial charge in [0.2, 0.25) is 0 Å². The summed E-state index contributed by atoms with van der Waals surface area (Å²) in [6.07, 6.45) is 4.91. The average molecular weight is 529 g/mol. The third-order valence-corrected chi connectivity index (χ3v) is 7.71. The number of anilines is 1. The van der Waals surface area contributed by atoms with Crippen molar-refractivity contribution >= 4 is 54.1 Å². The number of aryl methyl sites for hydroxylation is 1. The Balaban J connectivity index is 1.83. The summed E-state index contributed by atoms with van der Waals surface area (Å²) < 4.78 is 78.6. The Bertz CT molecular complexity index is 1820. The van der Waals surface area contributed by atoms with Crippen LogP contribution in [0.3, 0.4) is 0 Å². The molecule has 0 fully saturated rings.